The van der Waals surface area contributed by atoms with Gasteiger partial charge in [-0.3, -0.25) is 0 Å². The molecule has 1 atom stereocenters. The highest BCUT2D eigenvalue weighted by molar-refractivity contribution is 5.83. The Bertz CT molecular complexity index is 402. The highest BCUT2D eigenvalue weighted by atomic mass is 16.4. The van der Waals surface area contributed by atoms with E-state index in [0.717, 1.165) is 12.0 Å². The molecule has 0 aromatic heterocycles. The van der Waals surface area contributed by atoms with Crippen molar-refractivity contribution in [1.29, 1.82) is 0 Å². The molecule has 0 saturated carbocycles. The number of unbranched alkanes of at least 4 members (excludes halogenated alkanes) is 4. The fourth-order valence-electron chi connectivity index (χ4n) is 2.35. The summed E-state index contributed by atoms with van der Waals surface area (Å²) < 4.78 is 0. The van der Waals surface area contributed by atoms with E-state index in [1.54, 1.807) is 6.07 Å². The van der Waals surface area contributed by atoms with Gasteiger partial charge in [-0.1, -0.05) is 63.2 Å². The minimum Gasteiger partial charge on any atom is -0.507 e. The van der Waals surface area contributed by atoms with Gasteiger partial charge in [0.2, 0.25) is 0 Å². The molecule has 3 nitrogen and oxygen atoms in total. The van der Waals surface area contributed by atoms with Crippen molar-refractivity contribution in [3.8, 4) is 5.75 Å². The van der Waals surface area contributed by atoms with Crippen molar-refractivity contribution in [3.05, 3.63) is 29.3 Å². The minimum atomic E-state index is 0.237. The summed E-state index contributed by atoms with van der Waals surface area (Å²) in [7, 11) is 0. The predicted octanol–water partition coefficient (Wildman–Crippen LogP) is 4.66. The van der Waals surface area contributed by atoms with Crippen LogP contribution in [0.25, 0.3) is 0 Å². The van der Waals surface area contributed by atoms with Crippen LogP contribution < -0.4 is 0 Å². The third-order valence-electron chi connectivity index (χ3n) is 3.57. The van der Waals surface area contributed by atoms with E-state index in [0.29, 0.717) is 11.5 Å². The average molecular weight is 263 g/mol. The van der Waals surface area contributed by atoms with Crippen LogP contribution in [0.2, 0.25) is 0 Å². The number of para-hydroxylation sites is 1. The number of nitrogens with zero attached hydrogens (tertiary/aromatic N) is 1. The van der Waals surface area contributed by atoms with E-state index < -0.39 is 0 Å². The van der Waals surface area contributed by atoms with E-state index in [4.69, 9.17) is 5.21 Å². The second-order valence-electron chi connectivity index (χ2n) is 5.13. The number of aromatic hydroxyl groups is 1. The molecule has 0 aliphatic carbocycles. The van der Waals surface area contributed by atoms with Crippen molar-refractivity contribution in [2.24, 2.45) is 5.16 Å². The van der Waals surface area contributed by atoms with Gasteiger partial charge in [0.05, 0.1) is 6.21 Å². The van der Waals surface area contributed by atoms with Gasteiger partial charge in [0.15, 0.2) is 0 Å². The third kappa shape index (κ3) is 4.93. The first-order chi connectivity index (χ1) is 9.20. The second-order valence-corrected chi connectivity index (χ2v) is 5.13. The summed E-state index contributed by atoms with van der Waals surface area (Å²) in [5, 5.41) is 21.7. The highest BCUT2D eigenvalue weighted by Gasteiger charge is 2.12. The van der Waals surface area contributed by atoms with Crippen LogP contribution in [-0.4, -0.2) is 16.5 Å². The zero-order chi connectivity index (χ0) is 14.1. The van der Waals surface area contributed by atoms with Crippen LogP contribution in [0.1, 0.15) is 69.4 Å². The Morgan fingerprint density at radius 2 is 1.95 bits per heavy atom. The number of phenolic OH excluding ortho intramolecular Hbond substituents is 1. The van der Waals surface area contributed by atoms with Crippen LogP contribution in [0.15, 0.2) is 23.4 Å². The summed E-state index contributed by atoms with van der Waals surface area (Å²) in [5.74, 6) is 0.565. The molecule has 1 unspecified atom stereocenters. The van der Waals surface area contributed by atoms with Gasteiger partial charge in [-0.25, -0.2) is 0 Å². The molecule has 2 N–H and O–H groups in total. The van der Waals surface area contributed by atoms with Gasteiger partial charge < -0.3 is 10.3 Å². The summed E-state index contributed by atoms with van der Waals surface area (Å²) in [5.41, 5.74) is 1.51. The van der Waals surface area contributed by atoms with Gasteiger partial charge in [0.25, 0.3) is 0 Å². The smallest absolute Gasteiger partial charge is 0.127 e. The Labute approximate surface area is 116 Å². The lowest BCUT2D eigenvalue weighted by atomic mass is 9.92. The molecule has 106 valence electrons. The second kappa shape index (κ2) is 8.57. The van der Waals surface area contributed by atoms with E-state index in [-0.39, 0.29) is 5.75 Å². The standard InChI is InChI=1S/C16H25NO2/c1-3-4-5-6-7-9-13(2)15-11-8-10-14(12-17-19)16(15)18/h8,10-13,18-19H,3-7,9H2,1-2H3. The summed E-state index contributed by atoms with van der Waals surface area (Å²) in [6, 6.07) is 5.58. The van der Waals surface area contributed by atoms with E-state index in [1.165, 1.54) is 38.3 Å². The number of phenols is 1. The van der Waals surface area contributed by atoms with E-state index >= 15 is 0 Å². The fourth-order valence-corrected chi connectivity index (χ4v) is 2.35. The summed E-state index contributed by atoms with van der Waals surface area (Å²) in [6.07, 6.45) is 8.67. The molecule has 0 aliphatic rings. The maximum Gasteiger partial charge on any atom is 0.127 e. The number of rotatable bonds is 8. The number of hydrogen-bond donors (Lipinski definition) is 2. The molecule has 1 aromatic rings. The molecule has 3 heteroatoms. The van der Waals surface area contributed by atoms with E-state index in [2.05, 4.69) is 19.0 Å². The Kier molecular flexibility index (Phi) is 7.01. The van der Waals surface area contributed by atoms with Crippen LogP contribution in [0.4, 0.5) is 0 Å². The van der Waals surface area contributed by atoms with Crippen LogP contribution in [0.5, 0.6) is 5.75 Å². The lowest BCUT2D eigenvalue weighted by Crippen LogP contribution is -1.97. The van der Waals surface area contributed by atoms with Crippen LogP contribution in [0, 0.1) is 0 Å². The minimum absolute atomic E-state index is 0.237. The van der Waals surface area contributed by atoms with Gasteiger partial charge in [-0.15, -0.1) is 0 Å². The number of hydrogen-bond acceptors (Lipinski definition) is 3. The normalized spacial score (nSPS) is 12.9. The Balaban J connectivity index is 2.56. The van der Waals surface area contributed by atoms with Gasteiger partial charge in [0, 0.05) is 5.56 Å². The third-order valence-corrected chi connectivity index (χ3v) is 3.57. The summed E-state index contributed by atoms with van der Waals surface area (Å²) in [6.45, 7) is 4.35. The van der Waals surface area contributed by atoms with Gasteiger partial charge in [0.1, 0.15) is 5.75 Å². The maximum atomic E-state index is 10.1. The monoisotopic (exact) mass is 263 g/mol. The molecule has 1 aromatic carbocycles. The lowest BCUT2D eigenvalue weighted by Gasteiger charge is -2.14. The van der Waals surface area contributed by atoms with Crippen LogP contribution >= 0.6 is 0 Å². The molecular formula is C16H25NO2. The molecule has 0 saturated heterocycles. The largest absolute Gasteiger partial charge is 0.507 e. The Morgan fingerprint density at radius 3 is 2.63 bits per heavy atom. The van der Waals surface area contributed by atoms with Gasteiger partial charge >= 0.3 is 0 Å². The zero-order valence-electron chi connectivity index (χ0n) is 12.0. The Hall–Kier alpha value is -1.51. The van der Waals surface area contributed by atoms with E-state index in [9.17, 15) is 5.11 Å². The molecule has 1 rings (SSSR count). The van der Waals surface area contributed by atoms with Crippen molar-refractivity contribution in [2.45, 2.75) is 58.3 Å². The van der Waals surface area contributed by atoms with Crippen molar-refractivity contribution in [1.82, 2.24) is 0 Å². The predicted molar refractivity (Wildman–Crippen MR) is 79.3 cm³/mol. The molecule has 0 aliphatic heterocycles. The van der Waals surface area contributed by atoms with Gasteiger partial charge in [-0.05, 0) is 24.0 Å². The molecule has 0 fully saturated rings. The molecule has 0 radical (unpaired) electrons. The van der Waals surface area contributed by atoms with E-state index in [1.807, 2.05) is 12.1 Å². The first-order valence-corrected chi connectivity index (χ1v) is 7.20. The quantitative estimate of drug-likeness (QED) is 0.310. The van der Waals surface area contributed by atoms with Gasteiger partial charge in [-0.2, -0.15) is 0 Å². The first kappa shape index (κ1) is 15.5. The number of oxime groups is 1. The molecular weight excluding hydrogens is 238 g/mol. The summed E-state index contributed by atoms with van der Waals surface area (Å²) in [4.78, 5) is 0. The first-order valence-electron chi connectivity index (χ1n) is 7.20. The highest BCUT2D eigenvalue weighted by Crippen LogP contribution is 2.31. The van der Waals surface area contributed by atoms with Crippen LogP contribution in [0.3, 0.4) is 0 Å². The molecule has 19 heavy (non-hydrogen) atoms. The summed E-state index contributed by atoms with van der Waals surface area (Å²) >= 11 is 0. The molecule has 0 bridgehead atoms. The number of benzene rings is 1. The Morgan fingerprint density at radius 1 is 1.21 bits per heavy atom. The fraction of sp³-hybridized carbons (Fsp3) is 0.562. The maximum absolute atomic E-state index is 10.1. The average Bonchev–Trinajstić information content (AvgIpc) is 2.41. The SMILES string of the molecule is CCCCCCCC(C)c1cccc(C=NO)c1O. The topological polar surface area (TPSA) is 52.8 Å². The molecule has 0 heterocycles. The van der Waals surface area contributed by atoms with Crippen molar-refractivity contribution < 1.29 is 10.3 Å². The van der Waals surface area contributed by atoms with Crippen molar-refractivity contribution in [2.75, 3.05) is 0 Å². The van der Waals surface area contributed by atoms with Crippen molar-refractivity contribution in [3.63, 3.8) is 0 Å². The zero-order valence-corrected chi connectivity index (χ0v) is 12.0. The van der Waals surface area contributed by atoms with Crippen molar-refractivity contribution >= 4 is 6.21 Å². The molecule has 0 amide bonds. The lowest BCUT2D eigenvalue weighted by molar-refractivity contribution is 0.321. The molecule has 0 spiro atoms. The van der Waals surface area contributed by atoms with Crippen LogP contribution in [-0.2, 0) is 0 Å².